The standard InChI is InChI=1S/C21H19NO3/c1-14-4-8-17(9-5-14)12-19(13-22)21(24)25-16(3)20(23)18-10-6-15(2)7-11-18/h4-12,16H,1-3H3/b19-12+/t16-/m0/s1. The number of ketones is 1. The molecule has 0 radical (unpaired) electrons. The SMILES string of the molecule is Cc1ccc(/C=C(\C#N)C(=O)O[C@@H](C)C(=O)c2ccc(C)cc2)cc1. The van der Waals surface area contributed by atoms with Crippen molar-refractivity contribution in [2.24, 2.45) is 0 Å². The second kappa shape index (κ2) is 8.07. The average Bonchev–Trinajstić information content (AvgIpc) is 2.61. The van der Waals surface area contributed by atoms with Crippen LogP contribution in [0.4, 0.5) is 0 Å². The summed E-state index contributed by atoms with van der Waals surface area (Å²) >= 11 is 0. The van der Waals surface area contributed by atoms with E-state index in [1.54, 1.807) is 24.3 Å². The van der Waals surface area contributed by atoms with Gasteiger partial charge in [0, 0.05) is 5.56 Å². The van der Waals surface area contributed by atoms with Gasteiger partial charge in [0.25, 0.3) is 0 Å². The fraction of sp³-hybridized carbons (Fsp3) is 0.190. The van der Waals surface area contributed by atoms with E-state index in [-0.39, 0.29) is 11.4 Å². The third-order valence-corrected chi connectivity index (χ3v) is 3.72. The van der Waals surface area contributed by atoms with Crippen molar-refractivity contribution in [1.82, 2.24) is 0 Å². The summed E-state index contributed by atoms with van der Waals surface area (Å²) in [4.78, 5) is 24.5. The second-order valence-corrected chi connectivity index (χ2v) is 5.86. The first-order valence-corrected chi connectivity index (χ1v) is 7.91. The molecule has 4 nitrogen and oxygen atoms in total. The number of rotatable bonds is 5. The number of carbonyl (C=O) groups excluding carboxylic acids is 2. The Hall–Kier alpha value is -3.19. The normalized spacial score (nSPS) is 12.2. The van der Waals surface area contributed by atoms with Crippen molar-refractivity contribution in [2.75, 3.05) is 0 Å². The first-order valence-electron chi connectivity index (χ1n) is 7.91. The highest BCUT2D eigenvalue weighted by Crippen LogP contribution is 2.13. The molecule has 2 rings (SSSR count). The predicted octanol–water partition coefficient (Wildman–Crippen LogP) is 4.03. The zero-order valence-corrected chi connectivity index (χ0v) is 14.4. The molecule has 0 unspecified atom stereocenters. The summed E-state index contributed by atoms with van der Waals surface area (Å²) in [7, 11) is 0. The maximum absolute atomic E-state index is 12.3. The second-order valence-electron chi connectivity index (χ2n) is 5.86. The lowest BCUT2D eigenvalue weighted by Crippen LogP contribution is -2.25. The smallest absolute Gasteiger partial charge is 0.349 e. The highest BCUT2D eigenvalue weighted by molar-refractivity contribution is 6.03. The van der Waals surface area contributed by atoms with Gasteiger partial charge in [0.05, 0.1) is 0 Å². The molecule has 0 saturated carbocycles. The molecule has 0 aliphatic heterocycles. The van der Waals surface area contributed by atoms with Gasteiger partial charge >= 0.3 is 5.97 Å². The number of benzene rings is 2. The molecule has 0 aliphatic carbocycles. The molecule has 2 aromatic rings. The molecular weight excluding hydrogens is 314 g/mol. The fourth-order valence-electron chi connectivity index (χ4n) is 2.20. The molecule has 0 N–H and O–H groups in total. The van der Waals surface area contributed by atoms with Gasteiger partial charge in [-0.05, 0) is 32.4 Å². The van der Waals surface area contributed by atoms with Crippen LogP contribution in [-0.2, 0) is 9.53 Å². The predicted molar refractivity (Wildman–Crippen MR) is 95.8 cm³/mol. The monoisotopic (exact) mass is 333 g/mol. The largest absolute Gasteiger partial charge is 0.450 e. The molecule has 2 aromatic carbocycles. The molecule has 0 saturated heterocycles. The van der Waals surface area contributed by atoms with Gasteiger partial charge < -0.3 is 4.74 Å². The Morgan fingerprint density at radius 2 is 1.52 bits per heavy atom. The molecule has 0 bridgehead atoms. The van der Waals surface area contributed by atoms with Gasteiger partial charge in [0.1, 0.15) is 11.6 Å². The minimum atomic E-state index is -0.968. The topological polar surface area (TPSA) is 67.2 Å². The highest BCUT2D eigenvalue weighted by Gasteiger charge is 2.21. The maximum atomic E-state index is 12.3. The summed E-state index contributed by atoms with van der Waals surface area (Å²) in [6, 6.07) is 16.2. The molecule has 0 spiro atoms. The Bertz CT molecular complexity index is 840. The first-order chi connectivity index (χ1) is 11.9. The van der Waals surface area contributed by atoms with E-state index in [9.17, 15) is 14.9 Å². The Morgan fingerprint density at radius 3 is 2.04 bits per heavy atom. The molecule has 0 amide bonds. The number of Topliss-reactive ketones (excluding diaryl/α,β-unsaturated/α-hetero) is 1. The third-order valence-electron chi connectivity index (χ3n) is 3.72. The maximum Gasteiger partial charge on any atom is 0.349 e. The molecule has 0 fully saturated rings. The van der Waals surface area contributed by atoms with Crippen LogP contribution in [0, 0.1) is 25.2 Å². The molecule has 126 valence electrons. The summed E-state index contributed by atoms with van der Waals surface area (Å²) < 4.78 is 5.17. The minimum absolute atomic E-state index is 0.146. The number of hydrogen-bond acceptors (Lipinski definition) is 4. The number of aryl methyl sites for hydroxylation is 2. The Morgan fingerprint density at radius 1 is 1.00 bits per heavy atom. The summed E-state index contributed by atoms with van der Waals surface area (Å²) in [6.07, 6.45) is 0.482. The van der Waals surface area contributed by atoms with Gasteiger partial charge in [-0.1, -0.05) is 59.7 Å². The van der Waals surface area contributed by atoms with Gasteiger partial charge in [-0.2, -0.15) is 5.26 Å². The van der Waals surface area contributed by atoms with Gasteiger partial charge in [0.15, 0.2) is 6.10 Å². The van der Waals surface area contributed by atoms with E-state index in [2.05, 4.69) is 0 Å². The van der Waals surface area contributed by atoms with Crippen molar-refractivity contribution in [3.8, 4) is 6.07 Å². The first kappa shape index (κ1) is 18.2. The van der Waals surface area contributed by atoms with Crippen molar-refractivity contribution in [3.63, 3.8) is 0 Å². The van der Waals surface area contributed by atoms with E-state index >= 15 is 0 Å². The van der Waals surface area contributed by atoms with Crippen LogP contribution in [0.25, 0.3) is 6.08 Å². The average molecular weight is 333 g/mol. The van der Waals surface area contributed by atoms with Crippen LogP contribution >= 0.6 is 0 Å². The number of nitrogens with zero attached hydrogens (tertiary/aromatic N) is 1. The van der Waals surface area contributed by atoms with Crippen molar-refractivity contribution < 1.29 is 14.3 Å². The van der Waals surface area contributed by atoms with Crippen LogP contribution in [0.5, 0.6) is 0 Å². The van der Waals surface area contributed by atoms with E-state index in [4.69, 9.17) is 4.74 Å². The summed E-state index contributed by atoms with van der Waals surface area (Å²) in [5.41, 5.74) is 3.15. The zero-order valence-electron chi connectivity index (χ0n) is 14.4. The van der Waals surface area contributed by atoms with E-state index in [0.29, 0.717) is 5.56 Å². The lowest BCUT2D eigenvalue weighted by Gasteiger charge is -2.12. The molecule has 0 aliphatic rings. The number of hydrogen-bond donors (Lipinski definition) is 0. The van der Waals surface area contributed by atoms with E-state index < -0.39 is 12.1 Å². The van der Waals surface area contributed by atoms with Crippen molar-refractivity contribution in [1.29, 1.82) is 5.26 Å². The third kappa shape index (κ3) is 4.89. The summed E-state index contributed by atoms with van der Waals surface area (Å²) in [5, 5.41) is 9.21. The van der Waals surface area contributed by atoms with Gasteiger partial charge in [0.2, 0.25) is 5.78 Å². The minimum Gasteiger partial charge on any atom is -0.450 e. The lowest BCUT2D eigenvalue weighted by atomic mass is 10.1. The number of ether oxygens (including phenoxy) is 1. The van der Waals surface area contributed by atoms with Crippen LogP contribution in [0.1, 0.15) is 34.0 Å². The molecule has 0 heterocycles. The van der Waals surface area contributed by atoms with Gasteiger partial charge in [-0.25, -0.2) is 4.79 Å². The Labute approximate surface area is 147 Å². The van der Waals surface area contributed by atoms with Crippen LogP contribution in [0.2, 0.25) is 0 Å². The number of esters is 1. The van der Waals surface area contributed by atoms with Gasteiger partial charge in [-0.15, -0.1) is 0 Å². The summed E-state index contributed by atoms with van der Waals surface area (Å²) in [5.74, 6) is -1.11. The molecular formula is C21H19NO3. The van der Waals surface area contributed by atoms with E-state index in [1.165, 1.54) is 13.0 Å². The van der Waals surface area contributed by atoms with E-state index in [1.807, 2.05) is 44.2 Å². The highest BCUT2D eigenvalue weighted by atomic mass is 16.5. The Balaban J connectivity index is 2.10. The van der Waals surface area contributed by atoms with Gasteiger partial charge in [-0.3, -0.25) is 4.79 Å². The number of nitriles is 1. The zero-order chi connectivity index (χ0) is 18.4. The van der Waals surface area contributed by atoms with Crippen LogP contribution < -0.4 is 0 Å². The quantitative estimate of drug-likeness (QED) is 0.359. The van der Waals surface area contributed by atoms with Crippen molar-refractivity contribution in [3.05, 3.63) is 76.4 Å². The summed E-state index contributed by atoms with van der Waals surface area (Å²) in [6.45, 7) is 5.37. The van der Waals surface area contributed by atoms with Crippen molar-refractivity contribution in [2.45, 2.75) is 26.9 Å². The lowest BCUT2D eigenvalue weighted by molar-refractivity contribution is -0.141. The van der Waals surface area contributed by atoms with Crippen molar-refractivity contribution >= 4 is 17.8 Å². The molecule has 4 heteroatoms. The fourth-order valence-corrected chi connectivity index (χ4v) is 2.20. The van der Waals surface area contributed by atoms with E-state index in [0.717, 1.165) is 16.7 Å². The molecule has 25 heavy (non-hydrogen) atoms. The van der Waals surface area contributed by atoms with Crippen LogP contribution in [0.3, 0.4) is 0 Å². The van der Waals surface area contributed by atoms with Crippen LogP contribution in [0.15, 0.2) is 54.1 Å². The molecule has 1 atom stereocenters. The van der Waals surface area contributed by atoms with Crippen LogP contribution in [-0.4, -0.2) is 17.9 Å². The number of carbonyl (C=O) groups is 2. The molecule has 0 aromatic heterocycles. The Kier molecular flexibility index (Phi) is 5.86.